The van der Waals surface area contributed by atoms with Crippen LogP contribution in [0.4, 0.5) is 0 Å². The topological polar surface area (TPSA) is 161 Å². The summed E-state index contributed by atoms with van der Waals surface area (Å²) in [6.07, 6.45) is 0.222. The molecule has 0 saturated carbocycles. The van der Waals surface area contributed by atoms with Gasteiger partial charge in [-0.1, -0.05) is 13.8 Å². The summed E-state index contributed by atoms with van der Waals surface area (Å²) in [4.78, 5) is 36.3. The van der Waals surface area contributed by atoms with Crippen LogP contribution in [0.25, 0.3) is 0 Å². The van der Waals surface area contributed by atoms with Crippen molar-refractivity contribution in [3.63, 3.8) is 0 Å². The monoisotopic (exact) mass is 382 g/mol. The van der Waals surface area contributed by atoms with E-state index in [4.69, 9.17) is 19.8 Å². The Morgan fingerprint density at radius 3 is 0.700 bits per heavy atom. The number of carbonyl (C=O) groups excluding carboxylic acids is 4. The molecule has 0 aliphatic rings. The van der Waals surface area contributed by atoms with Crippen LogP contribution in [0.2, 0.25) is 0 Å². The van der Waals surface area contributed by atoms with Gasteiger partial charge >= 0.3 is 33.6 Å². The molecular weight excluding hydrogens is 366 g/mol. The van der Waals surface area contributed by atoms with Crippen LogP contribution in [-0.2, 0) is 52.7 Å². The van der Waals surface area contributed by atoms with E-state index in [1.165, 1.54) is 13.8 Å². The molecule has 0 spiro atoms. The zero-order chi connectivity index (χ0) is 15.7. The van der Waals surface area contributed by atoms with Crippen molar-refractivity contribution in [1.82, 2.24) is 0 Å². The van der Waals surface area contributed by atoms with Crippen molar-refractivity contribution >= 4 is 23.9 Å². The van der Waals surface area contributed by atoms with Crippen molar-refractivity contribution in [3.8, 4) is 0 Å². The molecule has 0 aromatic rings. The van der Waals surface area contributed by atoms with E-state index in [0.717, 1.165) is 13.8 Å². The zero-order valence-corrected chi connectivity index (χ0v) is 13.4. The van der Waals surface area contributed by atoms with Crippen LogP contribution in [0.15, 0.2) is 0 Å². The summed E-state index contributed by atoms with van der Waals surface area (Å²) in [5.74, 6) is -4.16. The third-order valence-corrected chi connectivity index (χ3v) is 0.577. The Morgan fingerprint density at radius 1 is 0.650 bits per heavy atom. The molecule has 0 amide bonds. The Morgan fingerprint density at radius 2 is 0.700 bits per heavy atom. The van der Waals surface area contributed by atoms with Gasteiger partial charge in [-0.2, -0.15) is 0 Å². The van der Waals surface area contributed by atoms with Gasteiger partial charge in [0, 0.05) is 23.9 Å². The standard InChI is InChI=1S/2C3H6O2.2C2H4O2.2Co/c2*1-2-3(4)5;2*1-2(3)4;;/h2*2H2,1H3,(H,4,5);2*1H3,(H,3,4);;/q;;;;2*+2/p-4. The van der Waals surface area contributed by atoms with Gasteiger partial charge in [-0.25, -0.2) is 0 Å². The number of aliphatic carboxylic acids is 4. The molecular formula is C10H16Co2O8. The van der Waals surface area contributed by atoms with Crippen LogP contribution in [0.1, 0.15) is 40.5 Å². The molecule has 8 nitrogen and oxygen atoms in total. The van der Waals surface area contributed by atoms with E-state index < -0.39 is 23.9 Å². The van der Waals surface area contributed by atoms with Crippen LogP contribution in [0, 0.1) is 0 Å². The first kappa shape index (κ1) is 36.4. The summed E-state index contributed by atoms with van der Waals surface area (Å²) in [6, 6.07) is 0. The Labute approximate surface area is 138 Å². The van der Waals surface area contributed by atoms with Crippen LogP contribution in [0.3, 0.4) is 0 Å². The maximum atomic E-state index is 9.26. The first-order valence-corrected chi connectivity index (χ1v) is 4.75. The average molecular weight is 382 g/mol. The molecule has 0 aliphatic carbocycles. The molecule has 0 N–H and O–H groups in total. The first-order valence-electron chi connectivity index (χ1n) is 4.75. The van der Waals surface area contributed by atoms with E-state index in [0.29, 0.717) is 0 Å². The average Bonchev–Trinajstić information content (AvgIpc) is 2.16. The van der Waals surface area contributed by atoms with E-state index in [-0.39, 0.29) is 46.4 Å². The van der Waals surface area contributed by atoms with Gasteiger partial charge in [0.05, 0.1) is 0 Å². The van der Waals surface area contributed by atoms with Gasteiger partial charge < -0.3 is 39.6 Å². The van der Waals surface area contributed by atoms with Gasteiger partial charge in [-0.05, 0) is 26.7 Å². The number of carbonyl (C=O) groups is 4. The third-order valence-electron chi connectivity index (χ3n) is 0.577. The molecule has 0 saturated heterocycles. The predicted molar refractivity (Wildman–Crippen MR) is 52.0 cm³/mol. The summed E-state index contributed by atoms with van der Waals surface area (Å²) >= 11 is 0. The second kappa shape index (κ2) is 30.7. The first-order chi connectivity index (χ1) is 8.00. The van der Waals surface area contributed by atoms with Gasteiger partial charge in [0.15, 0.2) is 0 Å². The van der Waals surface area contributed by atoms with Gasteiger partial charge in [-0.15, -0.1) is 0 Å². The maximum absolute atomic E-state index is 9.26. The van der Waals surface area contributed by atoms with E-state index in [2.05, 4.69) is 0 Å². The molecule has 0 rings (SSSR count). The SMILES string of the molecule is CC(=O)[O-].CC(=O)[O-].CCC(=O)[O-].CCC(=O)[O-].[Co+2].[Co+2]. The fourth-order valence-electron chi connectivity index (χ4n) is 0. The van der Waals surface area contributed by atoms with Crippen molar-refractivity contribution in [2.24, 2.45) is 0 Å². The molecule has 2 radical (unpaired) electrons. The number of hydrogen-bond donors (Lipinski definition) is 0. The van der Waals surface area contributed by atoms with E-state index in [1.807, 2.05) is 0 Å². The molecule has 0 aromatic heterocycles. The second-order valence-corrected chi connectivity index (χ2v) is 2.43. The van der Waals surface area contributed by atoms with Crippen molar-refractivity contribution in [2.45, 2.75) is 40.5 Å². The number of carboxylic acid groups (broad SMARTS) is 4. The maximum Gasteiger partial charge on any atom is 2.00 e. The minimum absolute atomic E-state index is 0. The molecule has 20 heavy (non-hydrogen) atoms. The fraction of sp³-hybridized carbons (Fsp3) is 0.600. The summed E-state index contributed by atoms with van der Waals surface area (Å²) in [5, 5.41) is 36.3. The Kier molecular flexibility index (Phi) is 55.9. The normalized spacial score (nSPS) is 6.20. The predicted octanol–water partition coefficient (Wildman–Crippen LogP) is -4.20. The van der Waals surface area contributed by atoms with E-state index in [9.17, 15) is 19.8 Å². The van der Waals surface area contributed by atoms with Crippen LogP contribution in [0.5, 0.6) is 0 Å². The third kappa shape index (κ3) is 510. The van der Waals surface area contributed by atoms with Crippen molar-refractivity contribution < 1.29 is 73.2 Å². The van der Waals surface area contributed by atoms with Crippen molar-refractivity contribution in [1.29, 1.82) is 0 Å². The molecule has 0 atom stereocenters. The summed E-state index contributed by atoms with van der Waals surface area (Å²) in [7, 11) is 0. The number of rotatable bonds is 2. The van der Waals surface area contributed by atoms with Crippen molar-refractivity contribution in [3.05, 3.63) is 0 Å². The van der Waals surface area contributed by atoms with E-state index >= 15 is 0 Å². The largest absolute Gasteiger partial charge is 2.00 e. The van der Waals surface area contributed by atoms with Gasteiger partial charge in [0.1, 0.15) is 0 Å². The minimum atomic E-state index is -1.08. The minimum Gasteiger partial charge on any atom is -0.550 e. The number of carboxylic acids is 4. The Bertz CT molecular complexity index is 222. The molecule has 0 fully saturated rings. The van der Waals surface area contributed by atoms with Gasteiger partial charge in [0.25, 0.3) is 0 Å². The smallest absolute Gasteiger partial charge is 0.550 e. The van der Waals surface area contributed by atoms with Crippen molar-refractivity contribution in [2.75, 3.05) is 0 Å². The Balaban J connectivity index is -0.0000000318. The molecule has 122 valence electrons. The van der Waals surface area contributed by atoms with E-state index in [1.54, 1.807) is 0 Å². The quantitative estimate of drug-likeness (QED) is 0.465. The Hall–Kier alpha value is -1.11. The van der Waals surface area contributed by atoms with Crippen LogP contribution >= 0.6 is 0 Å². The van der Waals surface area contributed by atoms with Crippen LogP contribution in [-0.4, -0.2) is 23.9 Å². The molecule has 10 heteroatoms. The molecule has 0 aromatic carbocycles. The summed E-state index contributed by atoms with van der Waals surface area (Å²) in [5.41, 5.74) is 0. The van der Waals surface area contributed by atoms with Crippen LogP contribution < -0.4 is 20.4 Å². The summed E-state index contributed by atoms with van der Waals surface area (Å²) in [6.45, 7) is 5.02. The van der Waals surface area contributed by atoms with Gasteiger partial charge in [-0.3, -0.25) is 0 Å². The second-order valence-electron chi connectivity index (χ2n) is 2.43. The summed E-state index contributed by atoms with van der Waals surface area (Å²) < 4.78 is 0. The molecule has 0 unspecified atom stereocenters. The number of hydrogen-bond acceptors (Lipinski definition) is 8. The molecule has 0 aliphatic heterocycles. The van der Waals surface area contributed by atoms with Gasteiger partial charge in [0.2, 0.25) is 0 Å². The molecule has 0 bridgehead atoms. The molecule has 0 heterocycles. The zero-order valence-electron chi connectivity index (χ0n) is 11.3. The fourth-order valence-corrected chi connectivity index (χ4v) is 0.